The van der Waals surface area contributed by atoms with Crippen molar-refractivity contribution in [3.63, 3.8) is 0 Å². The highest BCUT2D eigenvalue weighted by Gasteiger charge is 2.24. The number of fused-ring (bicyclic) bond motifs is 1. The Balaban J connectivity index is 2.04. The number of nitrogens with one attached hydrogen (secondary N) is 3. The average molecular weight is 203 g/mol. The maximum atomic E-state index is 9.39. The van der Waals surface area contributed by atoms with E-state index < -0.39 is 6.23 Å². The van der Waals surface area contributed by atoms with E-state index in [0.717, 1.165) is 5.52 Å². The number of aliphatic hydroxyl groups excluding tert-OH is 1. The first-order valence-electron chi connectivity index (χ1n) is 5.10. The summed E-state index contributed by atoms with van der Waals surface area (Å²) < 4.78 is 0. The minimum absolute atomic E-state index is 0.177. The summed E-state index contributed by atoms with van der Waals surface area (Å²) in [6.45, 7) is 0. The molecule has 2 heterocycles. The molecule has 1 aromatic heterocycles. The molecule has 0 amide bonds. The van der Waals surface area contributed by atoms with Crippen LogP contribution in [0.4, 0.5) is 0 Å². The van der Waals surface area contributed by atoms with Gasteiger partial charge in [0.2, 0.25) is 0 Å². The van der Waals surface area contributed by atoms with Gasteiger partial charge in [-0.05, 0) is 11.6 Å². The Labute approximate surface area is 87.3 Å². The lowest BCUT2D eigenvalue weighted by molar-refractivity contribution is 0.153. The highest BCUT2D eigenvalue weighted by molar-refractivity contribution is 5.83. The zero-order valence-electron chi connectivity index (χ0n) is 8.20. The molecule has 0 bridgehead atoms. The van der Waals surface area contributed by atoms with Crippen molar-refractivity contribution in [3.8, 4) is 0 Å². The number of aromatic nitrogens is 1. The summed E-state index contributed by atoms with van der Waals surface area (Å²) in [4.78, 5) is 3.23. The van der Waals surface area contributed by atoms with Crippen molar-refractivity contribution in [2.45, 2.75) is 18.7 Å². The standard InChI is InChI=1S/C11H13N3O/c15-11-5-10(13-14-11)8-6-12-9-4-2-1-3-7(8)9/h1-4,6,10-15H,5H2. The van der Waals surface area contributed by atoms with Crippen molar-refractivity contribution in [2.24, 2.45) is 0 Å². The van der Waals surface area contributed by atoms with Crippen LogP contribution in [0.2, 0.25) is 0 Å². The van der Waals surface area contributed by atoms with Crippen LogP contribution >= 0.6 is 0 Å². The van der Waals surface area contributed by atoms with E-state index in [4.69, 9.17) is 0 Å². The van der Waals surface area contributed by atoms with Gasteiger partial charge in [0.05, 0.1) is 6.04 Å². The van der Waals surface area contributed by atoms with Crippen molar-refractivity contribution in [1.82, 2.24) is 15.8 Å². The molecule has 2 aromatic rings. The molecule has 1 aliphatic heterocycles. The minimum Gasteiger partial charge on any atom is -0.377 e. The summed E-state index contributed by atoms with van der Waals surface area (Å²) in [6.07, 6.45) is 2.24. The van der Waals surface area contributed by atoms with Crippen LogP contribution in [0.15, 0.2) is 30.5 Å². The van der Waals surface area contributed by atoms with E-state index in [-0.39, 0.29) is 6.04 Å². The van der Waals surface area contributed by atoms with Gasteiger partial charge in [-0.3, -0.25) is 0 Å². The monoisotopic (exact) mass is 203 g/mol. The molecule has 4 nitrogen and oxygen atoms in total. The highest BCUT2D eigenvalue weighted by Crippen LogP contribution is 2.28. The molecule has 0 spiro atoms. The molecule has 1 aliphatic rings. The fourth-order valence-corrected chi connectivity index (χ4v) is 2.12. The van der Waals surface area contributed by atoms with Crippen LogP contribution in [-0.4, -0.2) is 16.3 Å². The second-order valence-corrected chi connectivity index (χ2v) is 3.88. The first-order chi connectivity index (χ1) is 7.34. The lowest BCUT2D eigenvalue weighted by Crippen LogP contribution is -2.30. The number of aromatic amines is 1. The van der Waals surface area contributed by atoms with Gasteiger partial charge in [0.15, 0.2) is 0 Å². The van der Waals surface area contributed by atoms with Crippen molar-refractivity contribution >= 4 is 10.9 Å². The molecule has 1 aromatic carbocycles. The van der Waals surface area contributed by atoms with E-state index >= 15 is 0 Å². The molecular formula is C11H13N3O. The van der Waals surface area contributed by atoms with Gasteiger partial charge in [0.25, 0.3) is 0 Å². The number of hydrazine groups is 1. The molecule has 0 saturated carbocycles. The fraction of sp³-hybridized carbons (Fsp3) is 0.273. The first kappa shape index (κ1) is 8.91. The largest absolute Gasteiger partial charge is 0.377 e. The van der Waals surface area contributed by atoms with Crippen LogP contribution in [-0.2, 0) is 0 Å². The molecule has 0 aliphatic carbocycles. The van der Waals surface area contributed by atoms with E-state index in [2.05, 4.69) is 28.0 Å². The van der Waals surface area contributed by atoms with Crippen molar-refractivity contribution in [1.29, 1.82) is 0 Å². The van der Waals surface area contributed by atoms with E-state index in [1.165, 1.54) is 10.9 Å². The maximum Gasteiger partial charge on any atom is 0.119 e. The molecule has 4 N–H and O–H groups in total. The Morgan fingerprint density at radius 1 is 1.20 bits per heavy atom. The summed E-state index contributed by atoms with van der Waals surface area (Å²) in [7, 11) is 0. The van der Waals surface area contributed by atoms with Gasteiger partial charge >= 0.3 is 0 Å². The van der Waals surface area contributed by atoms with Gasteiger partial charge in [-0.15, -0.1) is 0 Å². The van der Waals surface area contributed by atoms with Gasteiger partial charge in [0, 0.05) is 23.5 Å². The van der Waals surface area contributed by atoms with Crippen LogP contribution in [0.25, 0.3) is 10.9 Å². The zero-order chi connectivity index (χ0) is 10.3. The second-order valence-electron chi connectivity index (χ2n) is 3.88. The topological polar surface area (TPSA) is 60.1 Å². The molecule has 15 heavy (non-hydrogen) atoms. The van der Waals surface area contributed by atoms with E-state index in [1.807, 2.05) is 18.3 Å². The van der Waals surface area contributed by atoms with Gasteiger partial charge in [-0.1, -0.05) is 18.2 Å². The lowest BCUT2D eigenvalue weighted by Gasteiger charge is -2.06. The molecule has 1 fully saturated rings. The van der Waals surface area contributed by atoms with Crippen LogP contribution in [0, 0.1) is 0 Å². The van der Waals surface area contributed by atoms with Crippen molar-refractivity contribution in [3.05, 3.63) is 36.0 Å². The predicted octanol–water partition coefficient (Wildman–Crippen LogP) is 1.03. The minimum atomic E-state index is -0.455. The Kier molecular flexibility index (Phi) is 1.98. The Hall–Kier alpha value is -1.36. The van der Waals surface area contributed by atoms with Crippen molar-refractivity contribution in [2.75, 3.05) is 0 Å². The average Bonchev–Trinajstić information content (AvgIpc) is 2.83. The Morgan fingerprint density at radius 3 is 2.87 bits per heavy atom. The summed E-state index contributed by atoms with van der Waals surface area (Å²) in [6, 6.07) is 8.36. The van der Waals surface area contributed by atoms with E-state index in [9.17, 15) is 5.11 Å². The van der Waals surface area contributed by atoms with Crippen LogP contribution < -0.4 is 10.9 Å². The first-order valence-corrected chi connectivity index (χ1v) is 5.10. The van der Waals surface area contributed by atoms with Gasteiger partial charge < -0.3 is 10.1 Å². The number of hydrogen-bond donors (Lipinski definition) is 4. The van der Waals surface area contributed by atoms with E-state index in [0.29, 0.717) is 6.42 Å². The van der Waals surface area contributed by atoms with Crippen LogP contribution in [0.1, 0.15) is 18.0 Å². The maximum absolute atomic E-state index is 9.39. The fourth-order valence-electron chi connectivity index (χ4n) is 2.12. The number of aliphatic hydroxyl groups is 1. The molecule has 3 rings (SSSR count). The third-order valence-electron chi connectivity index (χ3n) is 2.88. The van der Waals surface area contributed by atoms with Gasteiger partial charge in [-0.2, -0.15) is 0 Å². The SMILES string of the molecule is OC1CC(c2c[nH]c3ccccc23)NN1. The molecule has 2 unspecified atom stereocenters. The third kappa shape index (κ3) is 1.43. The number of para-hydroxylation sites is 1. The molecule has 4 heteroatoms. The van der Waals surface area contributed by atoms with Crippen molar-refractivity contribution < 1.29 is 5.11 Å². The van der Waals surface area contributed by atoms with Gasteiger partial charge in [0.1, 0.15) is 6.23 Å². The quantitative estimate of drug-likeness (QED) is 0.560. The van der Waals surface area contributed by atoms with E-state index in [1.54, 1.807) is 0 Å². The smallest absolute Gasteiger partial charge is 0.119 e. The van der Waals surface area contributed by atoms with Crippen LogP contribution in [0.5, 0.6) is 0 Å². The Bertz CT molecular complexity index is 479. The molecule has 1 saturated heterocycles. The zero-order valence-corrected chi connectivity index (χ0v) is 8.20. The summed E-state index contributed by atoms with van der Waals surface area (Å²) in [5, 5.41) is 10.6. The van der Waals surface area contributed by atoms with Gasteiger partial charge in [-0.25, -0.2) is 10.9 Å². The third-order valence-corrected chi connectivity index (χ3v) is 2.88. The highest BCUT2D eigenvalue weighted by atomic mass is 16.3. The summed E-state index contributed by atoms with van der Waals surface area (Å²) in [5.74, 6) is 0. The molecule has 0 radical (unpaired) electrons. The Morgan fingerprint density at radius 2 is 2.07 bits per heavy atom. The normalized spacial score (nSPS) is 26.2. The number of benzene rings is 1. The summed E-state index contributed by atoms with van der Waals surface area (Å²) >= 11 is 0. The number of rotatable bonds is 1. The molecular weight excluding hydrogens is 190 g/mol. The summed E-state index contributed by atoms with van der Waals surface area (Å²) in [5.41, 5.74) is 8.23. The lowest BCUT2D eigenvalue weighted by atomic mass is 10.0. The predicted molar refractivity (Wildman–Crippen MR) is 57.9 cm³/mol. The van der Waals surface area contributed by atoms with Crippen LogP contribution in [0.3, 0.4) is 0 Å². The number of hydrogen-bond acceptors (Lipinski definition) is 3. The molecule has 78 valence electrons. The molecule has 2 atom stereocenters. The number of H-pyrrole nitrogens is 1. The second kappa shape index (κ2) is 3.34.